The van der Waals surface area contributed by atoms with Crippen molar-refractivity contribution in [3.8, 4) is 0 Å². The minimum absolute atomic E-state index is 0.405. The fourth-order valence-electron chi connectivity index (χ4n) is 1.65. The van der Waals surface area contributed by atoms with E-state index in [0.717, 1.165) is 31.1 Å². The van der Waals surface area contributed by atoms with E-state index in [0.29, 0.717) is 0 Å². The van der Waals surface area contributed by atoms with Gasteiger partial charge in [-0.1, -0.05) is 0 Å². The Kier molecular flexibility index (Phi) is 3.58. The molecule has 5 heteroatoms. The molecule has 0 aliphatic carbocycles. The van der Waals surface area contributed by atoms with Crippen LogP contribution in [0.25, 0.3) is 6.08 Å². The minimum atomic E-state index is -0.405. The highest BCUT2D eigenvalue weighted by molar-refractivity contribution is 7.16. The zero-order valence-electron chi connectivity index (χ0n) is 8.98. The molecule has 1 fully saturated rings. The molecule has 16 heavy (non-hydrogen) atoms. The van der Waals surface area contributed by atoms with Gasteiger partial charge >= 0.3 is 0 Å². The molecule has 1 amide bonds. The standard InChI is InChI=1S/C11H15N3OS/c12-10(15)3-1-9-2-4-11(16-9)14-7-5-13-6-8-14/h1-4,13H,5-8H2,(H2,12,15)/b3-1-. The van der Waals surface area contributed by atoms with Crippen LogP contribution in [0.15, 0.2) is 18.2 Å². The quantitative estimate of drug-likeness (QED) is 0.759. The summed E-state index contributed by atoms with van der Waals surface area (Å²) in [4.78, 5) is 14.0. The maximum atomic E-state index is 10.6. The van der Waals surface area contributed by atoms with Crippen LogP contribution in [-0.4, -0.2) is 32.1 Å². The van der Waals surface area contributed by atoms with Crippen molar-refractivity contribution >= 4 is 28.3 Å². The number of primary amides is 1. The number of carbonyl (C=O) groups excluding carboxylic acids is 1. The van der Waals surface area contributed by atoms with Crippen molar-refractivity contribution in [2.24, 2.45) is 5.73 Å². The van der Waals surface area contributed by atoms with E-state index in [9.17, 15) is 4.79 Å². The summed E-state index contributed by atoms with van der Waals surface area (Å²) in [7, 11) is 0. The average molecular weight is 237 g/mol. The lowest BCUT2D eigenvalue weighted by molar-refractivity contribution is -0.113. The number of thiophene rings is 1. The van der Waals surface area contributed by atoms with Gasteiger partial charge in [-0.2, -0.15) is 0 Å². The van der Waals surface area contributed by atoms with Crippen molar-refractivity contribution in [2.45, 2.75) is 0 Å². The summed E-state index contributed by atoms with van der Waals surface area (Å²) >= 11 is 1.68. The lowest BCUT2D eigenvalue weighted by Gasteiger charge is -2.27. The molecule has 0 atom stereocenters. The van der Waals surface area contributed by atoms with E-state index in [4.69, 9.17) is 5.73 Å². The van der Waals surface area contributed by atoms with Gasteiger partial charge in [-0.15, -0.1) is 11.3 Å². The van der Waals surface area contributed by atoms with Crippen LogP contribution in [0.4, 0.5) is 5.00 Å². The molecule has 1 aliphatic rings. The average Bonchev–Trinajstić information content (AvgIpc) is 2.76. The number of anilines is 1. The molecule has 0 radical (unpaired) electrons. The van der Waals surface area contributed by atoms with Gasteiger partial charge < -0.3 is 16.0 Å². The van der Waals surface area contributed by atoms with Crippen LogP contribution in [0, 0.1) is 0 Å². The van der Waals surface area contributed by atoms with E-state index in [1.165, 1.54) is 11.1 Å². The normalized spacial score (nSPS) is 16.9. The number of carbonyl (C=O) groups is 1. The number of nitrogens with two attached hydrogens (primary N) is 1. The Hall–Kier alpha value is -1.33. The van der Waals surface area contributed by atoms with Crippen LogP contribution >= 0.6 is 11.3 Å². The molecule has 2 heterocycles. The third-order valence-corrected chi connectivity index (χ3v) is 3.56. The summed E-state index contributed by atoms with van der Waals surface area (Å²) in [5.74, 6) is -0.405. The van der Waals surface area contributed by atoms with E-state index in [1.54, 1.807) is 17.4 Å². The number of nitrogens with one attached hydrogen (secondary N) is 1. The number of hydrogen-bond acceptors (Lipinski definition) is 4. The molecule has 0 spiro atoms. The second-order valence-corrected chi connectivity index (χ2v) is 4.74. The first kappa shape index (κ1) is 11.2. The Bertz CT molecular complexity index is 394. The maximum absolute atomic E-state index is 10.6. The van der Waals surface area contributed by atoms with Gasteiger partial charge in [-0.3, -0.25) is 4.79 Å². The zero-order chi connectivity index (χ0) is 11.4. The third kappa shape index (κ3) is 2.84. The molecule has 0 aromatic carbocycles. The Morgan fingerprint density at radius 1 is 1.44 bits per heavy atom. The monoisotopic (exact) mass is 237 g/mol. The number of nitrogens with zero attached hydrogens (tertiary/aromatic N) is 1. The van der Waals surface area contributed by atoms with Gasteiger partial charge in [-0.05, 0) is 18.2 Å². The predicted molar refractivity (Wildman–Crippen MR) is 67.6 cm³/mol. The minimum Gasteiger partial charge on any atom is -0.366 e. The Morgan fingerprint density at radius 3 is 2.88 bits per heavy atom. The van der Waals surface area contributed by atoms with Crippen molar-refractivity contribution in [3.05, 3.63) is 23.1 Å². The molecule has 1 aliphatic heterocycles. The number of hydrogen-bond donors (Lipinski definition) is 2. The molecular formula is C11H15N3OS. The maximum Gasteiger partial charge on any atom is 0.241 e. The third-order valence-electron chi connectivity index (χ3n) is 2.45. The van der Waals surface area contributed by atoms with Gasteiger partial charge in [0.2, 0.25) is 5.91 Å². The molecule has 1 aromatic heterocycles. The van der Waals surface area contributed by atoms with Crippen LogP contribution in [0.5, 0.6) is 0 Å². The molecule has 1 aromatic rings. The SMILES string of the molecule is NC(=O)/C=C\c1ccc(N2CCNCC2)s1. The fourth-order valence-corrected chi connectivity index (χ4v) is 2.61. The largest absolute Gasteiger partial charge is 0.366 e. The summed E-state index contributed by atoms with van der Waals surface area (Å²) in [6.45, 7) is 4.15. The highest BCUT2D eigenvalue weighted by Crippen LogP contribution is 2.27. The first-order valence-corrected chi connectivity index (χ1v) is 6.10. The Balaban J connectivity index is 2.03. The first-order chi connectivity index (χ1) is 7.75. The molecule has 4 nitrogen and oxygen atoms in total. The van der Waals surface area contributed by atoms with Gasteiger partial charge in [0, 0.05) is 37.1 Å². The van der Waals surface area contributed by atoms with Crippen molar-refractivity contribution in [1.29, 1.82) is 0 Å². The lowest BCUT2D eigenvalue weighted by Crippen LogP contribution is -2.43. The van der Waals surface area contributed by atoms with Crippen molar-refractivity contribution in [2.75, 3.05) is 31.1 Å². The molecule has 0 saturated carbocycles. The molecule has 0 unspecified atom stereocenters. The van der Waals surface area contributed by atoms with E-state index >= 15 is 0 Å². The highest BCUT2D eigenvalue weighted by atomic mass is 32.1. The molecule has 3 N–H and O–H groups in total. The van der Waals surface area contributed by atoms with Crippen LogP contribution < -0.4 is 16.0 Å². The van der Waals surface area contributed by atoms with Gasteiger partial charge in [0.05, 0.1) is 5.00 Å². The zero-order valence-corrected chi connectivity index (χ0v) is 9.80. The van der Waals surface area contributed by atoms with Crippen LogP contribution in [0.3, 0.4) is 0 Å². The van der Waals surface area contributed by atoms with E-state index in [-0.39, 0.29) is 0 Å². The second kappa shape index (κ2) is 5.14. The van der Waals surface area contributed by atoms with Crippen LogP contribution in [0.1, 0.15) is 4.88 Å². The summed E-state index contributed by atoms with van der Waals surface area (Å²) in [5, 5.41) is 4.57. The molecule has 0 bridgehead atoms. The predicted octanol–water partition coefficient (Wildman–Crippen LogP) is 0.656. The summed E-state index contributed by atoms with van der Waals surface area (Å²) in [6.07, 6.45) is 3.16. The lowest BCUT2D eigenvalue weighted by atomic mass is 10.3. The molecular weight excluding hydrogens is 222 g/mol. The second-order valence-electron chi connectivity index (χ2n) is 3.65. The topological polar surface area (TPSA) is 58.4 Å². The van der Waals surface area contributed by atoms with Crippen molar-refractivity contribution in [3.63, 3.8) is 0 Å². The van der Waals surface area contributed by atoms with Gasteiger partial charge in [-0.25, -0.2) is 0 Å². The van der Waals surface area contributed by atoms with Crippen molar-refractivity contribution < 1.29 is 4.79 Å². The first-order valence-electron chi connectivity index (χ1n) is 5.29. The van der Waals surface area contributed by atoms with Crippen molar-refractivity contribution in [1.82, 2.24) is 5.32 Å². The van der Waals surface area contributed by atoms with Gasteiger partial charge in [0.15, 0.2) is 0 Å². The summed E-state index contributed by atoms with van der Waals surface area (Å²) in [5.41, 5.74) is 5.05. The number of amides is 1. The van der Waals surface area contributed by atoms with Gasteiger partial charge in [0.25, 0.3) is 0 Å². The van der Waals surface area contributed by atoms with E-state index < -0.39 is 5.91 Å². The van der Waals surface area contributed by atoms with Crippen LogP contribution in [0.2, 0.25) is 0 Å². The smallest absolute Gasteiger partial charge is 0.241 e. The Morgan fingerprint density at radius 2 is 2.19 bits per heavy atom. The fraction of sp³-hybridized carbons (Fsp3) is 0.364. The molecule has 2 rings (SSSR count). The Labute approximate surface area is 98.7 Å². The number of rotatable bonds is 3. The number of piperazine rings is 1. The van der Waals surface area contributed by atoms with E-state index in [1.807, 2.05) is 6.07 Å². The highest BCUT2D eigenvalue weighted by Gasteiger charge is 2.11. The molecule has 1 saturated heterocycles. The summed E-state index contributed by atoms with van der Waals surface area (Å²) in [6, 6.07) is 4.11. The van der Waals surface area contributed by atoms with E-state index in [2.05, 4.69) is 16.3 Å². The van der Waals surface area contributed by atoms with Gasteiger partial charge in [0.1, 0.15) is 0 Å². The molecule has 86 valence electrons. The summed E-state index contributed by atoms with van der Waals surface area (Å²) < 4.78 is 0. The van der Waals surface area contributed by atoms with Crippen LogP contribution in [-0.2, 0) is 4.79 Å².